The molecule has 0 radical (unpaired) electrons. The Hall–Kier alpha value is -2.33. The van der Waals surface area contributed by atoms with E-state index in [1.165, 1.54) is 5.57 Å². The molecule has 4 rings (SSSR count). The van der Waals surface area contributed by atoms with Crippen LogP contribution in [0.25, 0.3) is 0 Å². The second-order valence-corrected chi connectivity index (χ2v) is 11.6. The number of terminal acetylenes is 1. The van der Waals surface area contributed by atoms with Crippen molar-refractivity contribution in [2.45, 2.75) is 90.1 Å². The van der Waals surface area contributed by atoms with E-state index in [1.807, 2.05) is 0 Å². The fraction of sp³-hybridized carbons (Fsp3) is 0.750. The van der Waals surface area contributed by atoms with E-state index in [0.717, 1.165) is 57.1 Å². The molecule has 0 aliphatic heterocycles. The normalized spacial score (nSPS) is 39.0. The van der Waals surface area contributed by atoms with Crippen LogP contribution in [0.4, 0.5) is 0 Å². The zero-order valence-electron chi connectivity index (χ0n) is 21.1. The summed E-state index contributed by atoms with van der Waals surface area (Å²) in [6.45, 7) is 4.95. The van der Waals surface area contributed by atoms with Gasteiger partial charge in [-0.15, -0.1) is 6.42 Å². The number of allylic oxidation sites excluding steroid dienone is 2. The first-order valence-electron chi connectivity index (χ1n) is 13.2. The summed E-state index contributed by atoms with van der Waals surface area (Å²) in [5, 5.41) is 26.8. The van der Waals surface area contributed by atoms with Crippen LogP contribution in [0.3, 0.4) is 0 Å². The Bertz CT molecular complexity index is 951. The van der Waals surface area contributed by atoms with E-state index in [0.29, 0.717) is 37.1 Å². The number of amides is 1. The molecular formula is C28H40N2O5. The first-order valence-corrected chi connectivity index (χ1v) is 13.2. The smallest absolute Gasteiger partial charge is 0.303 e. The molecule has 7 heteroatoms. The van der Waals surface area contributed by atoms with E-state index in [1.54, 1.807) is 0 Å². The van der Waals surface area contributed by atoms with Crippen molar-refractivity contribution in [3.05, 3.63) is 11.6 Å². The Morgan fingerprint density at radius 3 is 2.69 bits per heavy atom. The molecule has 3 saturated carbocycles. The number of nitrogens with zero attached hydrogens (tertiary/aromatic N) is 1. The second kappa shape index (κ2) is 9.97. The van der Waals surface area contributed by atoms with Crippen molar-refractivity contribution in [3.63, 3.8) is 0 Å². The van der Waals surface area contributed by atoms with Gasteiger partial charge in [0.15, 0.2) is 6.61 Å². The fourth-order valence-electron chi connectivity index (χ4n) is 7.75. The first kappa shape index (κ1) is 25.8. The maximum atomic E-state index is 11.9. The van der Waals surface area contributed by atoms with Crippen LogP contribution in [0.15, 0.2) is 16.8 Å². The fourth-order valence-corrected chi connectivity index (χ4v) is 7.75. The topological polar surface area (TPSA) is 108 Å². The lowest BCUT2D eigenvalue weighted by Crippen LogP contribution is -2.54. The van der Waals surface area contributed by atoms with Gasteiger partial charge < -0.3 is 20.4 Å². The van der Waals surface area contributed by atoms with Crippen LogP contribution in [0.5, 0.6) is 0 Å². The van der Waals surface area contributed by atoms with Crippen molar-refractivity contribution >= 4 is 17.6 Å². The summed E-state index contributed by atoms with van der Waals surface area (Å²) in [4.78, 5) is 27.8. The molecule has 0 aromatic rings. The van der Waals surface area contributed by atoms with Crippen molar-refractivity contribution in [1.82, 2.24) is 5.32 Å². The summed E-state index contributed by atoms with van der Waals surface area (Å²) in [7, 11) is 0. The third-order valence-corrected chi connectivity index (χ3v) is 9.88. The number of carbonyl (C=O) groups is 2. The lowest BCUT2D eigenvalue weighted by molar-refractivity contribution is -0.137. The Balaban J connectivity index is 1.33. The molecular weight excluding hydrogens is 444 g/mol. The van der Waals surface area contributed by atoms with Gasteiger partial charge >= 0.3 is 5.97 Å². The van der Waals surface area contributed by atoms with E-state index >= 15 is 0 Å². The van der Waals surface area contributed by atoms with Crippen molar-refractivity contribution in [1.29, 1.82) is 0 Å². The van der Waals surface area contributed by atoms with Gasteiger partial charge in [0, 0.05) is 18.4 Å². The predicted molar refractivity (Wildman–Crippen MR) is 133 cm³/mol. The number of hydrogen-bond donors (Lipinski definition) is 3. The number of carboxylic acids is 1. The number of aliphatic carboxylic acids is 1. The number of aliphatic hydroxyl groups is 1. The van der Waals surface area contributed by atoms with E-state index in [2.05, 4.69) is 36.3 Å². The minimum absolute atomic E-state index is 0.113. The molecule has 3 fully saturated rings. The number of hydrogen-bond acceptors (Lipinski definition) is 5. The maximum Gasteiger partial charge on any atom is 0.303 e. The van der Waals surface area contributed by atoms with Gasteiger partial charge in [-0.25, -0.2) is 0 Å². The number of carboxylic acid groups (broad SMARTS) is 1. The quantitative estimate of drug-likeness (QED) is 0.274. The number of oxime groups is 1. The Morgan fingerprint density at radius 2 is 1.94 bits per heavy atom. The third kappa shape index (κ3) is 4.74. The van der Waals surface area contributed by atoms with E-state index in [-0.39, 0.29) is 29.8 Å². The zero-order chi connectivity index (χ0) is 25.3. The highest BCUT2D eigenvalue weighted by Crippen LogP contribution is 2.67. The average Bonchev–Trinajstić information content (AvgIpc) is 3.10. The lowest BCUT2D eigenvalue weighted by Gasteiger charge is -2.58. The second-order valence-electron chi connectivity index (χ2n) is 11.6. The van der Waals surface area contributed by atoms with Crippen molar-refractivity contribution in [2.24, 2.45) is 33.7 Å². The maximum absolute atomic E-state index is 11.9. The van der Waals surface area contributed by atoms with E-state index in [4.69, 9.17) is 16.4 Å². The summed E-state index contributed by atoms with van der Waals surface area (Å²) >= 11 is 0. The highest BCUT2D eigenvalue weighted by atomic mass is 16.6. The lowest BCUT2D eigenvalue weighted by atomic mass is 9.46. The Morgan fingerprint density at radius 1 is 1.17 bits per heavy atom. The van der Waals surface area contributed by atoms with Crippen molar-refractivity contribution in [3.8, 4) is 12.3 Å². The van der Waals surface area contributed by atoms with Crippen molar-refractivity contribution in [2.75, 3.05) is 13.2 Å². The number of rotatable bonds is 8. The van der Waals surface area contributed by atoms with Gasteiger partial charge in [-0.3, -0.25) is 9.59 Å². The van der Waals surface area contributed by atoms with Crippen LogP contribution >= 0.6 is 0 Å². The summed E-state index contributed by atoms with van der Waals surface area (Å²) < 4.78 is 0. The van der Waals surface area contributed by atoms with E-state index < -0.39 is 11.6 Å². The van der Waals surface area contributed by atoms with Gasteiger partial charge in [-0.2, -0.15) is 0 Å². The highest BCUT2D eigenvalue weighted by Gasteiger charge is 2.63. The van der Waals surface area contributed by atoms with Crippen LogP contribution in [-0.4, -0.2) is 46.6 Å². The zero-order valence-corrected chi connectivity index (χ0v) is 21.1. The molecule has 4 aliphatic rings. The van der Waals surface area contributed by atoms with E-state index in [9.17, 15) is 14.7 Å². The molecule has 3 unspecified atom stereocenters. The van der Waals surface area contributed by atoms with Gasteiger partial charge in [0.1, 0.15) is 5.60 Å². The number of carbonyl (C=O) groups excluding carboxylic acids is 1. The molecule has 3 N–H and O–H groups in total. The highest BCUT2D eigenvalue weighted by molar-refractivity contribution is 5.96. The molecule has 0 aromatic heterocycles. The molecule has 0 heterocycles. The van der Waals surface area contributed by atoms with Gasteiger partial charge in [0.2, 0.25) is 0 Å². The van der Waals surface area contributed by atoms with Crippen LogP contribution in [0.2, 0.25) is 0 Å². The molecule has 0 spiro atoms. The molecule has 35 heavy (non-hydrogen) atoms. The summed E-state index contributed by atoms with van der Waals surface area (Å²) in [5.74, 6) is 3.39. The summed E-state index contributed by atoms with van der Waals surface area (Å²) in [6, 6.07) is 0. The predicted octanol–water partition coefficient (Wildman–Crippen LogP) is 4.06. The largest absolute Gasteiger partial charge is 0.481 e. The van der Waals surface area contributed by atoms with Crippen molar-refractivity contribution < 1.29 is 24.6 Å². The van der Waals surface area contributed by atoms with Gasteiger partial charge in [0.05, 0.1) is 5.71 Å². The molecule has 192 valence electrons. The van der Waals surface area contributed by atoms with Gasteiger partial charge in [-0.05, 0) is 93.5 Å². The molecule has 6 atom stereocenters. The third-order valence-electron chi connectivity index (χ3n) is 9.88. The molecule has 0 aromatic carbocycles. The molecule has 7 nitrogen and oxygen atoms in total. The Labute approximate surface area is 208 Å². The monoisotopic (exact) mass is 484 g/mol. The van der Waals surface area contributed by atoms with Gasteiger partial charge in [0.25, 0.3) is 5.91 Å². The summed E-state index contributed by atoms with van der Waals surface area (Å²) in [6.07, 6.45) is 17.1. The molecule has 4 aliphatic carbocycles. The van der Waals surface area contributed by atoms with Crippen LogP contribution in [-0.2, 0) is 14.4 Å². The van der Waals surface area contributed by atoms with Crippen LogP contribution < -0.4 is 5.32 Å². The first-order chi connectivity index (χ1) is 16.6. The minimum Gasteiger partial charge on any atom is -0.481 e. The summed E-state index contributed by atoms with van der Waals surface area (Å²) in [5.41, 5.74) is 1.35. The average molecular weight is 485 g/mol. The minimum atomic E-state index is -0.964. The standard InChI is InChI=1S/C28H40N2O5/c1-4-28(34)15-12-23-21-9-8-19-17-20(10-13-26(19,2)22(21)11-14-27(23,28)3)30-35-18-24(31)29-16-6-5-7-25(32)33/h1,17,21-23,34H,5-16,18H2,2-3H3,(H,29,31)(H,32,33)/b30-20+/t21?,22?,23?,26-,27-,28-/m0/s1. The number of unbranched alkanes of at least 4 members (excludes halogenated alkanes) is 1. The van der Waals surface area contributed by atoms with Gasteiger partial charge in [-0.1, -0.05) is 30.5 Å². The number of nitrogens with one attached hydrogen (secondary N) is 1. The molecule has 1 amide bonds. The Kier molecular flexibility index (Phi) is 7.33. The SMILES string of the molecule is C#C[C@]1(O)CCC2C3CCC4=C/C(=N/OCC(=O)NCCCCC(=O)O)CC[C@]4(C)C3CC[C@@]21C. The number of fused-ring (bicyclic) bond motifs is 5. The molecule has 0 saturated heterocycles. The molecule has 0 bridgehead atoms. The van der Waals surface area contributed by atoms with Crippen LogP contribution in [0, 0.1) is 40.9 Å². The van der Waals surface area contributed by atoms with Crippen LogP contribution in [0.1, 0.15) is 84.5 Å².